The van der Waals surface area contributed by atoms with Gasteiger partial charge in [0, 0.05) is 16.8 Å². The van der Waals surface area contributed by atoms with E-state index in [4.69, 9.17) is 16.3 Å². The van der Waals surface area contributed by atoms with E-state index in [9.17, 15) is 14.7 Å². The smallest absolute Gasteiger partial charge is 0.296 e. The molecule has 7 heteroatoms. The molecule has 1 fully saturated rings. The van der Waals surface area contributed by atoms with E-state index in [0.717, 1.165) is 11.1 Å². The van der Waals surface area contributed by atoms with Crippen LogP contribution >= 0.6 is 11.6 Å². The van der Waals surface area contributed by atoms with E-state index in [1.54, 1.807) is 60.8 Å². The summed E-state index contributed by atoms with van der Waals surface area (Å²) in [6.45, 7) is 2.39. The van der Waals surface area contributed by atoms with Crippen molar-refractivity contribution >= 4 is 29.1 Å². The number of aromatic nitrogens is 1. The molecule has 1 aliphatic heterocycles. The highest BCUT2D eigenvalue weighted by Crippen LogP contribution is 2.40. The van der Waals surface area contributed by atoms with Crippen molar-refractivity contribution in [3.63, 3.8) is 0 Å². The summed E-state index contributed by atoms with van der Waals surface area (Å²) in [6, 6.07) is 26.5. The largest absolute Gasteiger partial charge is 0.507 e. The average molecular weight is 525 g/mol. The quantitative estimate of drug-likeness (QED) is 0.176. The minimum Gasteiger partial charge on any atom is -0.507 e. The van der Waals surface area contributed by atoms with Crippen molar-refractivity contribution in [1.29, 1.82) is 0 Å². The van der Waals surface area contributed by atoms with Gasteiger partial charge in [-0.2, -0.15) is 0 Å². The highest BCUT2D eigenvalue weighted by Gasteiger charge is 2.46. The van der Waals surface area contributed by atoms with Crippen molar-refractivity contribution in [3.05, 3.63) is 136 Å². The first-order chi connectivity index (χ1) is 18.4. The van der Waals surface area contributed by atoms with Crippen molar-refractivity contribution in [1.82, 2.24) is 9.88 Å². The Kier molecular flexibility index (Phi) is 7.24. The van der Waals surface area contributed by atoms with Gasteiger partial charge in [0.25, 0.3) is 11.7 Å². The molecule has 4 aromatic rings. The first kappa shape index (κ1) is 25.2. The van der Waals surface area contributed by atoms with Crippen molar-refractivity contribution in [2.24, 2.45) is 0 Å². The molecule has 1 unspecified atom stereocenters. The number of aliphatic hydroxyl groups is 1. The first-order valence-electron chi connectivity index (χ1n) is 12.1. The molecule has 0 spiro atoms. The lowest BCUT2D eigenvalue weighted by Crippen LogP contribution is -2.29. The molecule has 5 rings (SSSR count). The van der Waals surface area contributed by atoms with Gasteiger partial charge in [-0.1, -0.05) is 60.1 Å². The van der Waals surface area contributed by atoms with Crippen LogP contribution in [0.5, 0.6) is 5.75 Å². The molecule has 6 nitrogen and oxygen atoms in total. The fraction of sp³-hybridized carbons (Fsp3) is 0.129. The number of hydrogen-bond acceptors (Lipinski definition) is 5. The topological polar surface area (TPSA) is 79.7 Å². The number of aryl methyl sites for hydroxylation is 1. The summed E-state index contributed by atoms with van der Waals surface area (Å²) in [5.41, 5.74) is 3.55. The molecule has 0 saturated carbocycles. The lowest BCUT2D eigenvalue weighted by atomic mass is 9.94. The van der Waals surface area contributed by atoms with E-state index in [1.165, 1.54) is 4.90 Å². The number of likely N-dealkylation sites (tertiary alicyclic amines) is 1. The minimum absolute atomic E-state index is 0.0191. The van der Waals surface area contributed by atoms with E-state index < -0.39 is 17.7 Å². The fourth-order valence-electron chi connectivity index (χ4n) is 4.55. The fourth-order valence-corrected chi connectivity index (χ4v) is 4.68. The number of carbonyl (C=O) groups is 2. The Morgan fingerprint density at radius 3 is 2.39 bits per heavy atom. The number of rotatable bonds is 7. The number of benzene rings is 3. The second-order valence-electron chi connectivity index (χ2n) is 9.05. The third-order valence-corrected chi connectivity index (χ3v) is 6.72. The molecule has 0 aliphatic carbocycles. The SMILES string of the molecule is Cc1cc(/C(O)=C2/C(=O)C(=O)N(Cc3ccccn3)C2c2ccc(Cl)cc2)ccc1OCc1ccccc1. The number of ketones is 1. The number of aliphatic hydroxyl groups excluding tert-OH is 1. The van der Waals surface area contributed by atoms with Crippen LogP contribution in [0.25, 0.3) is 5.76 Å². The number of carbonyl (C=O) groups excluding carboxylic acids is 2. The number of ether oxygens (including phenoxy) is 1. The number of pyridine rings is 1. The monoisotopic (exact) mass is 524 g/mol. The van der Waals surface area contributed by atoms with Gasteiger partial charge in [0.1, 0.15) is 18.1 Å². The van der Waals surface area contributed by atoms with Gasteiger partial charge >= 0.3 is 0 Å². The van der Waals surface area contributed by atoms with Crippen LogP contribution in [-0.2, 0) is 22.7 Å². The predicted octanol–water partition coefficient (Wildman–Crippen LogP) is 6.24. The van der Waals surface area contributed by atoms with Crippen LogP contribution in [0.1, 0.15) is 34.0 Å². The van der Waals surface area contributed by atoms with Crippen LogP contribution in [0, 0.1) is 6.92 Å². The molecular formula is C31H25ClN2O4. The second kappa shape index (κ2) is 10.9. The van der Waals surface area contributed by atoms with E-state index in [1.807, 2.05) is 43.3 Å². The molecule has 1 N–H and O–H groups in total. The van der Waals surface area contributed by atoms with Crippen LogP contribution in [0.4, 0.5) is 0 Å². The van der Waals surface area contributed by atoms with Crippen molar-refractivity contribution in [2.75, 3.05) is 0 Å². The summed E-state index contributed by atoms with van der Waals surface area (Å²) in [6.07, 6.45) is 1.63. The molecule has 0 radical (unpaired) electrons. The Labute approximate surface area is 225 Å². The normalized spacial score (nSPS) is 16.6. The molecule has 190 valence electrons. The summed E-state index contributed by atoms with van der Waals surface area (Å²) in [5, 5.41) is 11.9. The third kappa shape index (κ3) is 5.17. The maximum atomic E-state index is 13.3. The molecule has 1 aliphatic rings. The minimum atomic E-state index is -0.802. The predicted molar refractivity (Wildman–Crippen MR) is 145 cm³/mol. The Hall–Kier alpha value is -4.42. The number of nitrogens with zero attached hydrogens (tertiary/aromatic N) is 2. The summed E-state index contributed by atoms with van der Waals surface area (Å²) >= 11 is 6.10. The lowest BCUT2D eigenvalue weighted by Gasteiger charge is -2.25. The molecule has 1 amide bonds. The van der Waals surface area contributed by atoms with Crippen LogP contribution in [0.3, 0.4) is 0 Å². The second-order valence-corrected chi connectivity index (χ2v) is 9.49. The van der Waals surface area contributed by atoms with Crippen LogP contribution < -0.4 is 4.74 Å². The van der Waals surface area contributed by atoms with E-state index in [-0.39, 0.29) is 17.9 Å². The maximum Gasteiger partial charge on any atom is 0.296 e. The highest BCUT2D eigenvalue weighted by molar-refractivity contribution is 6.46. The summed E-state index contributed by atoms with van der Waals surface area (Å²) < 4.78 is 5.96. The summed E-state index contributed by atoms with van der Waals surface area (Å²) in [7, 11) is 0. The number of amides is 1. The van der Waals surface area contributed by atoms with Gasteiger partial charge in [-0.3, -0.25) is 14.6 Å². The molecule has 38 heavy (non-hydrogen) atoms. The number of halogens is 1. The van der Waals surface area contributed by atoms with Crippen molar-refractivity contribution < 1.29 is 19.4 Å². The molecule has 1 aromatic heterocycles. The third-order valence-electron chi connectivity index (χ3n) is 6.47. The molecule has 3 aromatic carbocycles. The van der Waals surface area contributed by atoms with Gasteiger partial charge in [-0.25, -0.2) is 0 Å². The Bertz CT molecular complexity index is 1500. The lowest BCUT2D eigenvalue weighted by molar-refractivity contribution is -0.140. The molecular weight excluding hydrogens is 500 g/mol. The van der Waals surface area contributed by atoms with Crippen molar-refractivity contribution in [2.45, 2.75) is 26.1 Å². The van der Waals surface area contributed by atoms with Crippen molar-refractivity contribution in [3.8, 4) is 5.75 Å². The number of Topliss-reactive ketones (excluding diaryl/α,β-unsaturated/α-hetero) is 1. The van der Waals surface area contributed by atoms with Crippen LogP contribution in [-0.4, -0.2) is 26.7 Å². The average Bonchev–Trinajstić information content (AvgIpc) is 3.18. The highest BCUT2D eigenvalue weighted by atomic mass is 35.5. The van der Waals surface area contributed by atoms with Gasteiger partial charge in [0.15, 0.2) is 0 Å². The molecule has 1 atom stereocenters. The molecule has 2 heterocycles. The van der Waals surface area contributed by atoms with Crippen LogP contribution in [0.2, 0.25) is 5.02 Å². The zero-order chi connectivity index (χ0) is 26.6. The van der Waals surface area contributed by atoms with E-state index >= 15 is 0 Å². The zero-order valence-corrected chi connectivity index (χ0v) is 21.4. The molecule has 0 bridgehead atoms. The number of hydrogen-bond donors (Lipinski definition) is 1. The van der Waals surface area contributed by atoms with Gasteiger partial charge in [0.2, 0.25) is 0 Å². The van der Waals surface area contributed by atoms with E-state index in [0.29, 0.717) is 34.2 Å². The van der Waals surface area contributed by atoms with Crippen LogP contribution in [0.15, 0.2) is 103 Å². The Morgan fingerprint density at radius 1 is 0.974 bits per heavy atom. The van der Waals surface area contributed by atoms with Gasteiger partial charge in [-0.05, 0) is 66.1 Å². The Morgan fingerprint density at radius 2 is 1.71 bits per heavy atom. The van der Waals surface area contributed by atoms with Gasteiger partial charge in [0.05, 0.1) is 23.9 Å². The zero-order valence-electron chi connectivity index (χ0n) is 20.7. The van der Waals surface area contributed by atoms with Gasteiger partial charge in [-0.15, -0.1) is 0 Å². The molecule has 1 saturated heterocycles. The maximum absolute atomic E-state index is 13.3. The first-order valence-corrected chi connectivity index (χ1v) is 12.5. The standard InChI is InChI=1S/C31H25ClN2O4/c1-20-17-23(12-15-26(20)38-19-21-7-3-2-4-8-21)29(35)27-28(22-10-13-24(32)14-11-22)34(31(37)30(27)36)18-25-9-5-6-16-33-25/h2-17,28,35H,18-19H2,1H3/b29-27-. The summed E-state index contributed by atoms with van der Waals surface area (Å²) in [4.78, 5) is 32.3. The van der Waals surface area contributed by atoms with Gasteiger partial charge < -0.3 is 14.7 Å². The Balaban J connectivity index is 1.51. The summed E-state index contributed by atoms with van der Waals surface area (Å²) in [5.74, 6) is -1.03. The van der Waals surface area contributed by atoms with E-state index in [2.05, 4.69) is 4.98 Å².